The highest BCUT2D eigenvalue weighted by Gasteiger charge is 2.06. The van der Waals surface area contributed by atoms with Gasteiger partial charge in [0, 0.05) is 31.6 Å². The number of aryl methyl sites for hydroxylation is 1. The number of sulfone groups is 1. The number of aromatic nitrogens is 2. The van der Waals surface area contributed by atoms with Crippen LogP contribution in [-0.4, -0.2) is 36.0 Å². The Hall–Kier alpha value is -0.880. The van der Waals surface area contributed by atoms with Crippen LogP contribution in [0.5, 0.6) is 0 Å². The van der Waals surface area contributed by atoms with E-state index in [0.29, 0.717) is 19.1 Å². The fraction of sp³-hybridized carbons (Fsp3) is 0.700. The summed E-state index contributed by atoms with van der Waals surface area (Å²) in [6.45, 7) is 5.31. The van der Waals surface area contributed by atoms with Gasteiger partial charge >= 0.3 is 0 Å². The largest absolute Gasteiger partial charge is 0.332 e. The molecule has 0 aliphatic rings. The van der Waals surface area contributed by atoms with Crippen molar-refractivity contribution in [3.63, 3.8) is 0 Å². The smallest absolute Gasteiger partial charge is 0.149 e. The van der Waals surface area contributed by atoms with E-state index in [1.807, 2.05) is 4.57 Å². The van der Waals surface area contributed by atoms with E-state index in [0.717, 1.165) is 5.69 Å². The first-order valence-electron chi connectivity index (χ1n) is 5.28. The summed E-state index contributed by atoms with van der Waals surface area (Å²) in [5.74, 6) is 0.151. The summed E-state index contributed by atoms with van der Waals surface area (Å²) in [4.78, 5) is 4.03. The summed E-state index contributed by atoms with van der Waals surface area (Å²) in [7, 11) is -2.92. The van der Waals surface area contributed by atoms with Crippen molar-refractivity contribution in [2.24, 2.45) is 0 Å². The molecule has 0 spiro atoms. The van der Waals surface area contributed by atoms with Crippen molar-refractivity contribution in [1.29, 1.82) is 0 Å². The van der Waals surface area contributed by atoms with E-state index in [1.165, 1.54) is 6.26 Å². The van der Waals surface area contributed by atoms with Crippen LogP contribution in [0.1, 0.15) is 19.5 Å². The van der Waals surface area contributed by atoms with Crippen LogP contribution in [0, 0.1) is 0 Å². The topological polar surface area (TPSA) is 64.0 Å². The molecule has 0 aromatic carbocycles. The number of rotatable bonds is 6. The van der Waals surface area contributed by atoms with Crippen LogP contribution >= 0.6 is 0 Å². The molecular weight excluding hydrogens is 226 g/mol. The van der Waals surface area contributed by atoms with E-state index >= 15 is 0 Å². The Morgan fingerprint density at radius 3 is 2.75 bits per heavy atom. The minimum Gasteiger partial charge on any atom is -0.332 e. The molecule has 5 nitrogen and oxygen atoms in total. The van der Waals surface area contributed by atoms with Crippen LogP contribution in [0.2, 0.25) is 0 Å². The molecule has 1 rings (SSSR count). The van der Waals surface area contributed by atoms with Crippen molar-refractivity contribution in [3.8, 4) is 0 Å². The highest BCUT2D eigenvalue weighted by molar-refractivity contribution is 7.90. The molecule has 0 bridgehead atoms. The molecule has 0 radical (unpaired) electrons. The van der Waals surface area contributed by atoms with Crippen LogP contribution < -0.4 is 5.32 Å². The van der Waals surface area contributed by atoms with Gasteiger partial charge in [0.2, 0.25) is 0 Å². The first-order chi connectivity index (χ1) is 7.38. The molecule has 0 saturated carbocycles. The lowest BCUT2D eigenvalue weighted by atomic mass is 10.3. The third-order valence-electron chi connectivity index (χ3n) is 2.19. The molecule has 0 fully saturated rings. The second-order valence-electron chi connectivity index (χ2n) is 4.24. The van der Waals surface area contributed by atoms with Crippen LogP contribution in [0.4, 0.5) is 0 Å². The Kier molecular flexibility index (Phi) is 4.49. The summed E-state index contributed by atoms with van der Waals surface area (Å²) in [5, 5.41) is 3.28. The monoisotopic (exact) mass is 245 g/mol. The number of nitrogens with one attached hydrogen (secondary N) is 1. The molecule has 0 aliphatic carbocycles. The molecule has 0 amide bonds. The van der Waals surface area contributed by atoms with Gasteiger partial charge in [-0.25, -0.2) is 13.4 Å². The maximum Gasteiger partial charge on any atom is 0.149 e. The lowest BCUT2D eigenvalue weighted by molar-refractivity contribution is 0.557. The highest BCUT2D eigenvalue weighted by atomic mass is 32.2. The molecule has 1 heterocycles. The number of hydrogen-bond donors (Lipinski definition) is 1. The average Bonchev–Trinajstić information content (AvgIpc) is 2.57. The number of nitrogens with zero attached hydrogens (tertiary/aromatic N) is 2. The summed E-state index contributed by atoms with van der Waals surface area (Å²) in [6.07, 6.45) is 4.68. The zero-order valence-electron chi connectivity index (χ0n) is 9.97. The first-order valence-corrected chi connectivity index (χ1v) is 7.34. The van der Waals surface area contributed by atoms with Gasteiger partial charge in [-0.2, -0.15) is 0 Å². The van der Waals surface area contributed by atoms with E-state index in [9.17, 15) is 8.42 Å². The summed E-state index contributed by atoms with van der Waals surface area (Å²) >= 11 is 0. The predicted molar refractivity (Wildman–Crippen MR) is 63.9 cm³/mol. The maximum absolute atomic E-state index is 11.1. The first kappa shape index (κ1) is 13.2. The zero-order chi connectivity index (χ0) is 12.2. The average molecular weight is 245 g/mol. The second-order valence-corrected chi connectivity index (χ2v) is 6.50. The van der Waals surface area contributed by atoms with Crippen molar-refractivity contribution in [2.45, 2.75) is 33.0 Å². The second kappa shape index (κ2) is 5.45. The van der Waals surface area contributed by atoms with Gasteiger partial charge in [-0.15, -0.1) is 0 Å². The SMILES string of the molecule is CC(C)NCc1cncn1CCS(C)(=O)=O. The van der Waals surface area contributed by atoms with Gasteiger partial charge in [0.25, 0.3) is 0 Å². The fourth-order valence-electron chi connectivity index (χ4n) is 1.27. The van der Waals surface area contributed by atoms with Gasteiger partial charge < -0.3 is 9.88 Å². The maximum atomic E-state index is 11.1. The molecule has 0 saturated heterocycles. The van der Waals surface area contributed by atoms with E-state index in [4.69, 9.17) is 0 Å². The van der Waals surface area contributed by atoms with E-state index in [2.05, 4.69) is 24.1 Å². The molecule has 0 aliphatic heterocycles. The minimum atomic E-state index is -2.92. The van der Waals surface area contributed by atoms with Gasteiger partial charge in [-0.05, 0) is 0 Å². The Labute approximate surface area is 96.8 Å². The van der Waals surface area contributed by atoms with E-state index < -0.39 is 9.84 Å². The van der Waals surface area contributed by atoms with Crippen molar-refractivity contribution in [3.05, 3.63) is 18.2 Å². The Morgan fingerprint density at radius 1 is 1.50 bits per heavy atom. The summed E-state index contributed by atoms with van der Waals surface area (Å²) < 4.78 is 24.0. The third kappa shape index (κ3) is 4.76. The Bertz CT molecular complexity index is 423. The van der Waals surface area contributed by atoms with Crippen LogP contribution in [0.3, 0.4) is 0 Å². The fourth-order valence-corrected chi connectivity index (χ4v) is 1.80. The quantitative estimate of drug-likeness (QED) is 0.789. The Balaban J connectivity index is 2.57. The van der Waals surface area contributed by atoms with E-state index in [1.54, 1.807) is 12.5 Å². The number of hydrogen-bond acceptors (Lipinski definition) is 4. The summed E-state index contributed by atoms with van der Waals surface area (Å²) in [6, 6.07) is 0.401. The standard InChI is InChI=1S/C10H19N3O2S/c1-9(2)12-7-10-6-11-8-13(10)4-5-16(3,14)15/h6,8-9,12H,4-5,7H2,1-3H3. The molecule has 92 valence electrons. The van der Waals surface area contributed by atoms with E-state index in [-0.39, 0.29) is 5.75 Å². The Morgan fingerprint density at radius 2 is 2.19 bits per heavy atom. The van der Waals surface area contributed by atoms with Crippen molar-refractivity contribution < 1.29 is 8.42 Å². The van der Waals surface area contributed by atoms with Gasteiger partial charge in [0.05, 0.1) is 17.8 Å². The van der Waals surface area contributed by atoms with Gasteiger partial charge in [0.1, 0.15) is 9.84 Å². The molecule has 1 N–H and O–H groups in total. The normalized spacial score (nSPS) is 12.2. The zero-order valence-corrected chi connectivity index (χ0v) is 10.8. The molecule has 6 heteroatoms. The van der Waals surface area contributed by atoms with Crippen molar-refractivity contribution in [1.82, 2.24) is 14.9 Å². The van der Waals surface area contributed by atoms with Crippen molar-refractivity contribution >= 4 is 9.84 Å². The lowest BCUT2D eigenvalue weighted by Gasteiger charge is -2.10. The molecule has 16 heavy (non-hydrogen) atoms. The van der Waals surface area contributed by atoms with Gasteiger partial charge in [-0.3, -0.25) is 0 Å². The predicted octanol–water partition coefficient (Wildman–Crippen LogP) is 0.426. The van der Waals surface area contributed by atoms with Crippen molar-refractivity contribution in [2.75, 3.05) is 12.0 Å². The lowest BCUT2D eigenvalue weighted by Crippen LogP contribution is -2.24. The van der Waals surface area contributed by atoms with Crippen LogP contribution in [0.25, 0.3) is 0 Å². The number of imidazole rings is 1. The molecule has 1 aromatic rings. The molecule has 1 aromatic heterocycles. The van der Waals surface area contributed by atoms with Gasteiger partial charge in [-0.1, -0.05) is 13.8 Å². The molecule has 0 unspecified atom stereocenters. The third-order valence-corrected chi connectivity index (χ3v) is 3.12. The molecule has 0 atom stereocenters. The molecular formula is C10H19N3O2S. The summed E-state index contributed by atoms with van der Waals surface area (Å²) in [5.41, 5.74) is 1.01. The van der Waals surface area contributed by atoms with Crippen LogP contribution in [-0.2, 0) is 22.9 Å². The van der Waals surface area contributed by atoms with Crippen LogP contribution in [0.15, 0.2) is 12.5 Å². The minimum absolute atomic E-state index is 0.151. The van der Waals surface area contributed by atoms with Gasteiger partial charge in [0.15, 0.2) is 0 Å². The highest BCUT2D eigenvalue weighted by Crippen LogP contribution is 2.00.